The average Bonchev–Trinajstić information content (AvgIpc) is 3.00. The van der Waals surface area contributed by atoms with Gasteiger partial charge in [-0.25, -0.2) is 4.79 Å². The molecule has 0 radical (unpaired) electrons. The molecule has 156 valence electrons. The third-order valence-electron chi connectivity index (χ3n) is 5.47. The lowest BCUT2D eigenvalue weighted by Gasteiger charge is -2.25. The lowest BCUT2D eigenvalue weighted by Crippen LogP contribution is -2.40. The maximum Gasteiger partial charge on any atom is 0.334 e. The van der Waals surface area contributed by atoms with Gasteiger partial charge in [-0.05, 0) is 31.6 Å². The summed E-state index contributed by atoms with van der Waals surface area (Å²) in [6, 6.07) is 0. The summed E-state index contributed by atoms with van der Waals surface area (Å²) in [5.74, 6) is -0.455. The van der Waals surface area contributed by atoms with E-state index in [1.807, 2.05) is 13.0 Å². The van der Waals surface area contributed by atoms with Crippen LogP contribution in [0.2, 0.25) is 0 Å². The van der Waals surface area contributed by atoms with Crippen LogP contribution < -0.4 is 0 Å². The lowest BCUT2D eigenvalue weighted by atomic mass is 9.93. The molecule has 5 nitrogen and oxygen atoms in total. The van der Waals surface area contributed by atoms with Gasteiger partial charge >= 0.3 is 11.9 Å². The molecule has 27 heavy (non-hydrogen) atoms. The van der Waals surface area contributed by atoms with E-state index in [2.05, 4.69) is 20.8 Å². The van der Waals surface area contributed by atoms with Crippen molar-refractivity contribution in [2.24, 2.45) is 11.8 Å². The number of allylic oxidation sites excluding steroid dienone is 1. The molecule has 5 heteroatoms. The van der Waals surface area contributed by atoms with Gasteiger partial charge in [0.2, 0.25) is 0 Å². The van der Waals surface area contributed by atoms with Crippen LogP contribution in [0.3, 0.4) is 0 Å². The highest BCUT2D eigenvalue weighted by molar-refractivity contribution is 5.91. The van der Waals surface area contributed by atoms with Crippen LogP contribution in [0.1, 0.15) is 85.5 Å². The zero-order valence-corrected chi connectivity index (χ0v) is 17.6. The smallest absolute Gasteiger partial charge is 0.334 e. The Labute approximate surface area is 164 Å². The number of aliphatic hydroxyl groups excluding tert-OH is 1. The summed E-state index contributed by atoms with van der Waals surface area (Å²) in [6.45, 7) is 7.90. The summed E-state index contributed by atoms with van der Waals surface area (Å²) in [6.07, 6.45) is 10.1. The number of ether oxygens (including phenoxy) is 2. The first-order valence-corrected chi connectivity index (χ1v) is 10.7. The van der Waals surface area contributed by atoms with Gasteiger partial charge in [-0.1, -0.05) is 59.5 Å². The summed E-state index contributed by atoms with van der Waals surface area (Å²) >= 11 is 0. The Balaban J connectivity index is 2.73. The van der Waals surface area contributed by atoms with Crippen LogP contribution in [0, 0.1) is 11.8 Å². The summed E-state index contributed by atoms with van der Waals surface area (Å²) in [5, 5.41) is 9.84. The van der Waals surface area contributed by atoms with Gasteiger partial charge in [-0.3, -0.25) is 4.79 Å². The third kappa shape index (κ3) is 7.28. The van der Waals surface area contributed by atoms with E-state index in [1.54, 1.807) is 0 Å². The predicted octanol–water partition coefficient (Wildman–Crippen LogP) is 4.57. The molecule has 0 spiro atoms. The van der Waals surface area contributed by atoms with Crippen molar-refractivity contribution < 1.29 is 24.2 Å². The van der Waals surface area contributed by atoms with Crippen LogP contribution in [-0.2, 0) is 19.1 Å². The predicted molar refractivity (Wildman–Crippen MR) is 106 cm³/mol. The van der Waals surface area contributed by atoms with Gasteiger partial charge < -0.3 is 14.6 Å². The molecule has 0 aliphatic carbocycles. The summed E-state index contributed by atoms with van der Waals surface area (Å²) < 4.78 is 10.9. The number of carbonyl (C=O) groups excluding carboxylic acids is 2. The number of cyclic esters (lactones) is 1. The quantitative estimate of drug-likeness (QED) is 0.373. The molecule has 0 aromatic heterocycles. The molecule has 3 atom stereocenters. The number of hydrogen-bond donors (Lipinski definition) is 1. The van der Waals surface area contributed by atoms with Gasteiger partial charge in [0.05, 0.1) is 12.5 Å². The van der Waals surface area contributed by atoms with Gasteiger partial charge in [-0.2, -0.15) is 0 Å². The second-order valence-corrected chi connectivity index (χ2v) is 7.76. The standard InChI is InChI=1S/C22H38O5/c1-5-9-11-17(7-3)13-19-14-22(15-23,27-21(19)25)16-26-20(24)18(8-4)12-10-6-2/h13,17-18,23H,5-12,14-16H2,1-4H3/b19-13+. The van der Waals surface area contributed by atoms with Crippen molar-refractivity contribution in [3.63, 3.8) is 0 Å². The number of rotatable bonds is 13. The van der Waals surface area contributed by atoms with Crippen molar-refractivity contribution in [3.05, 3.63) is 11.6 Å². The highest BCUT2D eigenvalue weighted by atomic mass is 16.6. The van der Waals surface area contributed by atoms with Gasteiger partial charge in [0, 0.05) is 12.0 Å². The van der Waals surface area contributed by atoms with E-state index >= 15 is 0 Å². The molecule has 3 unspecified atom stereocenters. The highest BCUT2D eigenvalue weighted by Gasteiger charge is 2.45. The second kappa shape index (κ2) is 12.2. The van der Waals surface area contributed by atoms with E-state index < -0.39 is 11.6 Å². The highest BCUT2D eigenvalue weighted by Crippen LogP contribution is 2.33. The molecule has 1 fully saturated rings. The fourth-order valence-electron chi connectivity index (χ4n) is 3.47. The normalized spacial score (nSPS) is 23.3. The van der Waals surface area contributed by atoms with Crippen LogP contribution in [0.25, 0.3) is 0 Å². The minimum Gasteiger partial charge on any atom is -0.461 e. The van der Waals surface area contributed by atoms with Crippen molar-refractivity contribution in [1.29, 1.82) is 0 Å². The first-order chi connectivity index (χ1) is 12.9. The maximum absolute atomic E-state index is 12.3. The number of unbranched alkanes of at least 4 members (excludes halogenated alkanes) is 2. The minimum absolute atomic E-state index is 0.0835. The Morgan fingerprint density at radius 2 is 1.85 bits per heavy atom. The van der Waals surface area contributed by atoms with Crippen LogP contribution >= 0.6 is 0 Å². The van der Waals surface area contributed by atoms with Crippen LogP contribution in [0.4, 0.5) is 0 Å². The first-order valence-electron chi connectivity index (χ1n) is 10.7. The molecule has 1 N–H and O–H groups in total. The van der Waals surface area contributed by atoms with E-state index in [0.717, 1.165) is 51.4 Å². The Hall–Kier alpha value is -1.36. The Morgan fingerprint density at radius 1 is 1.19 bits per heavy atom. The van der Waals surface area contributed by atoms with Gasteiger partial charge in [0.25, 0.3) is 0 Å². The summed E-state index contributed by atoms with van der Waals surface area (Å²) in [7, 11) is 0. The minimum atomic E-state index is -1.13. The largest absolute Gasteiger partial charge is 0.461 e. The van der Waals surface area contributed by atoms with Gasteiger partial charge in [0.1, 0.15) is 6.61 Å². The van der Waals surface area contributed by atoms with E-state index in [1.165, 1.54) is 0 Å². The molecular weight excluding hydrogens is 344 g/mol. The van der Waals surface area contributed by atoms with Crippen LogP contribution in [0.15, 0.2) is 11.6 Å². The first kappa shape index (κ1) is 23.7. The zero-order valence-electron chi connectivity index (χ0n) is 17.6. The number of esters is 2. The maximum atomic E-state index is 12.3. The molecule has 0 saturated carbocycles. The average molecular weight is 383 g/mol. The summed E-state index contributed by atoms with van der Waals surface area (Å²) in [5.41, 5.74) is -0.536. The van der Waals surface area contributed by atoms with Crippen molar-refractivity contribution in [1.82, 2.24) is 0 Å². The monoisotopic (exact) mass is 382 g/mol. The Bertz CT molecular complexity index is 499. The van der Waals surface area contributed by atoms with Gasteiger partial charge in [-0.15, -0.1) is 0 Å². The molecule has 1 aliphatic heterocycles. The molecule has 1 saturated heterocycles. The molecule has 1 heterocycles. The molecule has 0 aromatic rings. The van der Waals surface area contributed by atoms with Crippen molar-refractivity contribution >= 4 is 11.9 Å². The fourth-order valence-corrected chi connectivity index (χ4v) is 3.47. The van der Waals surface area contributed by atoms with Crippen molar-refractivity contribution in [2.75, 3.05) is 13.2 Å². The topological polar surface area (TPSA) is 72.8 Å². The lowest BCUT2D eigenvalue weighted by molar-refractivity contribution is -0.169. The number of hydrogen-bond acceptors (Lipinski definition) is 5. The fraction of sp³-hybridized carbons (Fsp3) is 0.818. The molecule has 0 bridgehead atoms. The SMILES string of the molecule is CCCCC(/C=C1\CC(CO)(COC(=O)C(CC)CCCC)OC1=O)CC. The second-order valence-electron chi connectivity index (χ2n) is 7.76. The van der Waals surface area contributed by atoms with E-state index in [0.29, 0.717) is 17.9 Å². The van der Waals surface area contributed by atoms with Gasteiger partial charge in [0.15, 0.2) is 5.60 Å². The van der Waals surface area contributed by atoms with E-state index in [4.69, 9.17) is 9.47 Å². The van der Waals surface area contributed by atoms with E-state index in [9.17, 15) is 14.7 Å². The molecular formula is C22H38O5. The third-order valence-corrected chi connectivity index (χ3v) is 5.47. The van der Waals surface area contributed by atoms with Crippen molar-refractivity contribution in [2.45, 2.75) is 91.1 Å². The molecule has 1 rings (SSSR count). The molecule has 1 aliphatic rings. The van der Waals surface area contributed by atoms with Crippen molar-refractivity contribution in [3.8, 4) is 0 Å². The van der Waals surface area contributed by atoms with E-state index in [-0.39, 0.29) is 25.1 Å². The molecule has 0 amide bonds. The Kier molecular flexibility index (Phi) is 10.7. The zero-order chi connectivity index (χ0) is 20.3. The van der Waals surface area contributed by atoms with Crippen LogP contribution in [-0.4, -0.2) is 35.9 Å². The molecule has 0 aromatic carbocycles. The number of carbonyl (C=O) groups is 2. The van der Waals surface area contributed by atoms with Crippen LogP contribution in [0.5, 0.6) is 0 Å². The number of aliphatic hydroxyl groups is 1. The summed E-state index contributed by atoms with van der Waals surface area (Å²) in [4.78, 5) is 24.6. The Morgan fingerprint density at radius 3 is 2.41 bits per heavy atom.